The zero-order valence-corrected chi connectivity index (χ0v) is 13.1. The molecule has 0 amide bonds. The first-order valence-electron chi connectivity index (χ1n) is 6.63. The molecule has 1 aliphatic heterocycles. The van der Waals surface area contributed by atoms with Crippen molar-refractivity contribution in [3.63, 3.8) is 0 Å². The smallest absolute Gasteiger partial charge is 0.133 e. The molecule has 5 heteroatoms. The molecular weight excluding hydrogens is 337 g/mol. The number of benzene rings is 2. The minimum absolute atomic E-state index is 0.153. The van der Waals surface area contributed by atoms with Gasteiger partial charge in [-0.2, -0.15) is 0 Å². The summed E-state index contributed by atoms with van der Waals surface area (Å²) in [6.45, 7) is 0. The highest BCUT2D eigenvalue weighted by atomic mass is 79.9. The third kappa shape index (κ3) is 2.76. The van der Waals surface area contributed by atoms with Gasteiger partial charge in [0.15, 0.2) is 0 Å². The predicted molar refractivity (Wildman–Crippen MR) is 82.0 cm³/mol. The summed E-state index contributed by atoms with van der Waals surface area (Å²) in [4.78, 5) is 0. The van der Waals surface area contributed by atoms with Crippen molar-refractivity contribution < 1.29 is 13.9 Å². The van der Waals surface area contributed by atoms with Gasteiger partial charge < -0.3 is 15.2 Å². The van der Waals surface area contributed by atoms with Gasteiger partial charge in [-0.3, -0.25) is 0 Å². The number of fused-ring (bicyclic) bond motifs is 1. The molecule has 0 aliphatic carbocycles. The van der Waals surface area contributed by atoms with E-state index in [1.807, 2.05) is 18.2 Å². The molecule has 0 radical (unpaired) electrons. The summed E-state index contributed by atoms with van der Waals surface area (Å²) in [5.74, 6) is 1.12. The lowest BCUT2D eigenvalue weighted by Crippen LogP contribution is -2.24. The monoisotopic (exact) mass is 351 g/mol. The van der Waals surface area contributed by atoms with Crippen molar-refractivity contribution in [3.05, 3.63) is 57.8 Å². The summed E-state index contributed by atoms with van der Waals surface area (Å²) in [5.41, 5.74) is 7.88. The fourth-order valence-corrected chi connectivity index (χ4v) is 3.12. The molecule has 0 saturated carbocycles. The second kappa shape index (κ2) is 5.66. The molecule has 2 aromatic carbocycles. The van der Waals surface area contributed by atoms with Crippen LogP contribution in [-0.2, 0) is 0 Å². The maximum Gasteiger partial charge on any atom is 0.133 e. The Morgan fingerprint density at radius 3 is 2.81 bits per heavy atom. The van der Waals surface area contributed by atoms with E-state index < -0.39 is 0 Å². The number of hydrogen-bond acceptors (Lipinski definition) is 3. The molecule has 1 heterocycles. The quantitative estimate of drug-likeness (QED) is 0.884. The standard InChI is InChI=1S/C16H15BrFNO2/c1-20-15-4-2-9(6-12(15)17)16-8-13(19)11-7-10(18)3-5-14(11)21-16/h2-7,13,16H,8,19H2,1H3/t13-,16?/m0/s1. The van der Waals surface area contributed by atoms with Gasteiger partial charge in [0.1, 0.15) is 23.4 Å². The van der Waals surface area contributed by atoms with Crippen LogP contribution in [0.15, 0.2) is 40.9 Å². The Morgan fingerprint density at radius 1 is 1.29 bits per heavy atom. The van der Waals surface area contributed by atoms with Gasteiger partial charge in [0, 0.05) is 18.0 Å². The number of nitrogens with two attached hydrogens (primary N) is 1. The summed E-state index contributed by atoms with van der Waals surface area (Å²) in [5, 5.41) is 0. The summed E-state index contributed by atoms with van der Waals surface area (Å²) >= 11 is 3.47. The highest BCUT2D eigenvalue weighted by Gasteiger charge is 2.27. The number of halogens is 2. The first-order chi connectivity index (χ1) is 10.1. The lowest BCUT2D eigenvalue weighted by molar-refractivity contribution is 0.161. The van der Waals surface area contributed by atoms with Crippen LogP contribution in [0.3, 0.4) is 0 Å². The molecule has 110 valence electrons. The lowest BCUT2D eigenvalue weighted by atomic mass is 9.93. The fourth-order valence-electron chi connectivity index (χ4n) is 2.56. The van der Waals surface area contributed by atoms with Crippen molar-refractivity contribution in [2.45, 2.75) is 18.6 Å². The van der Waals surface area contributed by atoms with Crippen molar-refractivity contribution in [2.75, 3.05) is 7.11 Å². The molecule has 1 unspecified atom stereocenters. The first-order valence-corrected chi connectivity index (χ1v) is 7.43. The van der Waals surface area contributed by atoms with Gasteiger partial charge in [-0.05, 0) is 51.8 Å². The van der Waals surface area contributed by atoms with Gasteiger partial charge >= 0.3 is 0 Å². The number of methoxy groups -OCH3 is 1. The van der Waals surface area contributed by atoms with E-state index in [9.17, 15) is 4.39 Å². The van der Waals surface area contributed by atoms with Crippen LogP contribution in [0.5, 0.6) is 11.5 Å². The van der Waals surface area contributed by atoms with Crippen LogP contribution >= 0.6 is 15.9 Å². The van der Waals surface area contributed by atoms with E-state index in [1.165, 1.54) is 12.1 Å². The molecule has 1 aliphatic rings. The average Bonchev–Trinajstić information content (AvgIpc) is 2.47. The van der Waals surface area contributed by atoms with Gasteiger partial charge in [-0.1, -0.05) is 6.07 Å². The molecule has 3 nitrogen and oxygen atoms in total. The van der Waals surface area contributed by atoms with Gasteiger partial charge in [-0.25, -0.2) is 4.39 Å². The van der Waals surface area contributed by atoms with Crippen LogP contribution in [0.1, 0.15) is 29.7 Å². The minimum atomic E-state index is -0.293. The third-order valence-electron chi connectivity index (χ3n) is 3.66. The van der Waals surface area contributed by atoms with E-state index >= 15 is 0 Å². The zero-order chi connectivity index (χ0) is 15.0. The molecule has 0 saturated heterocycles. The second-order valence-corrected chi connectivity index (χ2v) is 5.88. The van der Waals surface area contributed by atoms with Crippen LogP contribution in [-0.4, -0.2) is 7.11 Å². The predicted octanol–water partition coefficient (Wildman–Crippen LogP) is 4.12. The summed E-state index contributed by atoms with van der Waals surface area (Å²) in [6.07, 6.45) is 0.454. The van der Waals surface area contributed by atoms with Crippen molar-refractivity contribution >= 4 is 15.9 Å². The maximum atomic E-state index is 13.3. The largest absolute Gasteiger partial charge is 0.496 e. The van der Waals surface area contributed by atoms with E-state index in [4.69, 9.17) is 15.2 Å². The van der Waals surface area contributed by atoms with Gasteiger partial charge in [0.25, 0.3) is 0 Å². The number of ether oxygens (including phenoxy) is 2. The topological polar surface area (TPSA) is 44.5 Å². The molecule has 0 bridgehead atoms. The zero-order valence-electron chi connectivity index (χ0n) is 11.5. The van der Waals surface area contributed by atoms with E-state index in [1.54, 1.807) is 13.2 Å². The Kier molecular flexibility index (Phi) is 3.87. The summed E-state index contributed by atoms with van der Waals surface area (Å²) in [6, 6.07) is 10.0. The molecule has 3 rings (SSSR count). The second-order valence-electron chi connectivity index (χ2n) is 5.02. The van der Waals surface area contributed by atoms with Gasteiger partial charge in [0.05, 0.1) is 11.6 Å². The Balaban J connectivity index is 1.92. The van der Waals surface area contributed by atoms with Crippen LogP contribution in [0.2, 0.25) is 0 Å². The van der Waals surface area contributed by atoms with Crippen LogP contribution in [0.25, 0.3) is 0 Å². The molecule has 2 aromatic rings. The third-order valence-corrected chi connectivity index (χ3v) is 4.28. The Morgan fingerprint density at radius 2 is 2.10 bits per heavy atom. The molecular formula is C16H15BrFNO2. The highest BCUT2D eigenvalue weighted by Crippen LogP contribution is 2.41. The normalized spacial score (nSPS) is 20.6. The van der Waals surface area contributed by atoms with Gasteiger partial charge in [0.2, 0.25) is 0 Å². The average molecular weight is 352 g/mol. The number of hydrogen-bond donors (Lipinski definition) is 1. The van der Waals surface area contributed by atoms with Crippen molar-refractivity contribution in [1.82, 2.24) is 0 Å². The molecule has 0 spiro atoms. The molecule has 0 aromatic heterocycles. The number of rotatable bonds is 2. The maximum absolute atomic E-state index is 13.3. The SMILES string of the molecule is COc1ccc(C2C[C@H](N)c3cc(F)ccc3O2)cc1Br. The lowest BCUT2D eigenvalue weighted by Gasteiger charge is -2.30. The van der Waals surface area contributed by atoms with Crippen molar-refractivity contribution in [2.24, 2.45) is 5.73 Å². The molecule has 2 atom stereocenters. The molecule has 2 N–H and O–H groups in total. The molecule has 0 fully saturated rings. The summed E-state index contributed by atoms with van der Waals surface area (Å²) < 4.78 is 25.3. The van der Waals surface area contributed by atoms with E-state index in [0.717, 1.165) is 21.3 Å². The molecule has 21 heavy (non-hydrogen) atoms. The Hall–Kier alpha value is -1.59. The first kappa shape index (κ1) is 14.4. The Bertz CT molecular complexity index is 677. The fraction of sp³-hybridized carbons (Fsp3) is 0.250. The minimum Gasteiger partial charge on any atom is -0.496 e. The van der Waals surface area contributed by atoms with Crippen molar-refractivity contribution in [3.8, 4) is 11.5 Å². The summed E-state index contributed by atoms with van der Waals surface area (Å²) in [7, 11) is 1.62. The van der Waals surface area contributed by atoms with E-state index in [0.29, 0.717) is 12.2 Å². The van der Waals surface area contributed by atoms with Crippen LogP contribution < -0.4 is 15.2 Å². The Labute approximate surface area is 131 Å². The van der Waals surface area contributed by atoms with Crippen LogP contribution in [0, 0.1) is 5.82 Å². The van der Waals surface area contributed by atoms with Crippen LogP contribution in [0.4, 0.5) is 4.39 Å². The van der Waals surface area contributed by atoms with E-state index in [-0.39, 0.29) is 18.0 Å². The van der Waals surface area contributed by atoms with Gasteiger partial charge in [-0.15, -0.1) is 0 Å². The van der Waals surface area contributed by atoms with Crippen molar-refractivity contribution in [1.29, 1.82) is 0 Å². The van der Waals surface area contributed by atoms with E-state index in [2.05, 4.69) is 15.9 Å². The highest BCUT2D eigenvalue weighted by molar-refractivity contribution is 9.10.